The number of nitrogens with one attached hydrogen (secondary N) is 3. The third kappa shape index (κ3) is 5.09. The lowest BCUT2D eigenvalue weighted by Crippen LogP contribution is -2.49. The predicted octanol–water partition coefficient (Wildman–Crippen LogP) is 6.31. The zero-order valence-electron chi connectivity index (χ0n) is 23.0. The van der Waals surface area contributed by atoms with Crippen LogP contribution in [-0.4, -0.2) is 37.0 Å². The van der Waals surface area contributed by atoms with Crippen molar-refractivity contribution < 1.29 is 23.5 Å². The quantitative estimate of drug-likeness (QED) is 0.300. The Bertz CT molecular complexity index is 1560. The fourth-order valence-corrected chi connectivity index (χ4v) is 6.57. The second-order valence-electron chi connectivity index (χ2n) is 11.7. The number of fused-ring (bicyclic) bond motifs is 2. The number of ether oxygens (including phenoxy) is 1. The first-order valence-corrected chi connectivity index (χ1v) is 13.9. The molecule has 10 heteroatoms. The summed E-state index contributed by atoms with van der Waals surface area (Å²) in [5.74, 6) is -3.09. The number of amides is 2. The van der Waals surface area contributed by atoms with Crippen molar-refractivity contribution in [2.24, 2.45) is 5.41 Å². The van der Waals surface area contributed by atoms with Gasteiger partial charge in [0.05, 0.1) is 23.7 Å². The van der Waals surface area contributed by atoms with Gasteiger partial charge in [-0.2, -0.15) is 0 Å². The Balaban J connectivity index is 1.69. The van der Waals surface area contributed by atoms with Gasteiger partial charge in [-0.05, 0) is 59.4 Å². The maximum Gasteiger partial charge on any atom is 0.337 e. The summed E-state index contributed by atoms with van der Waals surface area (Å²) in [6.45, 7) is 6.12. The maximum atomic E-state index is 15.9. The minimum absolute atomic E-state index is 0.114. The monoisotopic (exact) mass is 597 g/mol. The number of hydrogen-bond acceptors (Lipinski definition) is 5. The number of halogens is 3. The first-order chi connectivity index (χ1) is 19.4. The predicted molar refractivity (Wildman–Crippen MR) is 157 cm³/mol. The second kappa shape index (κ2) is 10.7. The molecule has 214 valence electrons. The van der Waals surface area contributed by atoms with Crippen LogP contribution in [0.25, 0.3) is 0 Å². The molecule has 3 N–H and O–H groups in total. The van der Waals surface area contributed by atoms with Crippen molar-refractivity contribution in [3.63, 3.8) is 0 Å². The molecule has 1 fully saturated rings. The molecule has 3 aromatic rings. The largest absolute Gasteiger partial charge is 0.465 e. The van der Waals surface area contributed by atoms with Crippen LogP contribution >= 0.6 is 23.2 Å². The van der Waals surface area contributed by atoms with Crippen LogP contribution in [0.2, 0.25) is 10.0 Å². The minimum Gasteiger partial charge on any atom is -0.465 e. The van der Waals surface area contributed by atoms with Crippen LogP contribution in [0.3, 0.4) is 0 Å². The van der Waals surface area contributed by atoms with Gasteiger partial charge in [-0.25, -0.2) is 9.18 Å². The molecule has 7 nitrogen and oxygen atoms in total. The van der Waals surface area contributed by atoms with E-state index in [1.165, 1.54) is 19.2 Å². The van der Waals surface area contributed by atoms with Crippen molar-refractivity contribution in [2.45, 2.75) is 50.6 Å². The highest BCUT2D eigenvalue weighted by Gasteiger charge is 2.66. The molecule has 2 amide bonds. The standard InChI is InChI=1S/C31H30Cl2FN3O4/c1-30(2,3)15-23-31(20-12-11-17(32)14-22(20)36-29(31)40)24(19-9-6-10-21(33)25(19)34)26(37-23)27(38)35-18-8-5-7-16(13-18)28(39)41-4/h5-14,23-24,26,37H,15H2,1-4H3,(H,35,38)(H,36,40)/t23-,24-,26-,31+/m0/s1. The lowest BCUT2D eigenvalue weighted by molar-refractivity contribution is -0.122. The third-order valence-corrected chi connectivity index (χ3v) is 8.30. The number of carbonyl (C=O) groups is 3. The van der Waals surface area contributed by atoms with Gasteiger partial charge in [0.25, 0.3) is 0 Å². The summed E-state index contributed by atoms with van der Waals surface area (Å²) >= 11 is 12.5. The molecule has 2 heterocycles. The third-order valence-electron chi connectivity index (χ3n) is 7.77. The van der Waals surface area contributed by atoms with E-state index in [1.54, 1.807) is 48.5 Å². The number of anilines is 2. The number of esters is 1. The lowest BCUT2D eigenvalue weighted by atomic mass is 9.62. The fraction of sp³-hybridized carbons (Fsp3) is 0.323. The van der Waals surface area contributed by atoms with Crippen molar-refractivity contribution in [3.8, 4) is 0 Å². The Hall–Kier alpha value is -3.46. The van der Waals surface area contributed by atoms with E-state index in [4.69, 9.17) is 27.9 Å². The topological polar surface area (TPSA) is 96.5 Å². The number of hydrogen-bond donors (Lipinski definition) is 3. The van der Waals surface area contributed by atoms with Crippen molar-refractivity contribution in [2.75, 3.05) is 17.7 Å². The fourth-order valence-electron chi connectivity index (χ4n) is 6.21. The van der Waals surface area contributed by atoms with Crippen molar-refractivity contribution in [1.29, 1.82) is 0 Å². The molecule has 1 spiro atoms. The highest BCUT2D eigenvalue weighted by Crippen LogP contribution is 2.57. The van der Waals surface area contributed by atoms with Crippen LogP contribution in [-0.2, 0) is 19.7 Å². The van der Waals surface area contributed by atoms with Crippen LogP contribution in [0.5, 0.6) is 0 Å². The van der Waals surface area contributed by atoms with Crippen LogP contribution in [0, 0.1) is 11.2 Å². The maximum absolute atomic E-state index is 15.9. The average Bonchev–Trinajstić information content (AvgIpc) is 3.38. The van der Waals surface area contributed by atoms with Crippen LogP contribution in [0.4, 0.5) is 15.8 Å². The van der Waals surface area contributed by atoms with Crippen molar-refractivity contribution in [3.05, 3.63) is 93.2 Å². The van der Waals surface area contributed by atoms with E-state index < -0.39 is 41.1 Å². The Kier molecular flexibility index (Phi) is 7.61. The van der Waals surface area contributed by atoms with Crippen molar-refractivity contribution in [1.82, 2.24) is 5.32 Å². The Morgan fingerprint density at radius 2 is 1.80 bits per heavy atom. The molecule has 5 rings (SSSR count). The first kappa shape index (κ1) is 29.0. The second-order valence-corrected chi connectivity index (χ2v) is 12.5. The van der Waals surface area contributed by atoms with E-state index in [0.717, 1.165) is 0 Å². The average molecular weight is 599 g/mol. The van der Waals surface area contributed by atoms with Gasteiger partial charge >= 0.3 is 5.97 Å². The number of rotatable bonds is 5. The molecule has 2 aliphatic rings. The van der Waals surface area contributed by atoms with Gasteiger partial charge in [-0.1, -0.05) is 68.2 Å². The SMILES string of the molecule is COC(=O)c1cccc(NC(=O)[C@H]2N[C@@H](CC(C)(C)C)[C@@]3(C(=O)Nc4cc(Cl)ccc43)[C@H]2c2cccc(Cl)c2F)c1. The van der Waals surface area contributed by atoms with Gasteiger partial charge in [0.15, 0.2) is 0 Å². The Labute approximate surface area is 247 Å². The molecule has 0 aromatic heterocycles. The van der Waals surface area contributed by atoms with Gasteiger partial charge in [0.1, 0.15) is 11.2 Å². The van der Waals surface area contributed by atoms with E-state index in [-0.39, 0.29) is 27.5 Å². The molecule has 2 aliphatic heterocycles. The highest BCUT2D eigenvalue weighted by molar-refractivity contribution is 6.31. The number of benzene rings is 3. The summed E-state index contributed by atoms with van der Waals surface area (Å²) < 4.78 is 20.7. The Morgan fingerprint density at radius 3 is 2.51 bits per heavy atom. The van der Waals surface area contributed by atoms with Gasteiger partial charge in [-0.15, -0.1) is 0 Å². The van der Waals surface area contributed by atoms with Gasteiger partial charge in [-0.3, -0.25) is 9.59 Å². The van der Waals surface area contributed by atoms with E-state index >= 15 is 4.39 Å². The summed E-state index contributed by atoms with van der Waals surface area (Å²) in [4.78, 5) is 40.3. The molecule has 0 bridgehead atoms. The number of methoxy groups -OCH3 is 1. The molecule has 0 unspecified atom stereocenters. The van der Waals surface area contributed by atoms with Gasteiger partial charge in [0, 0.05) is 28.4 Å². The van der Waals surface area contributed by atoms with E-state index in [9.17, 15) is 14.4 Å². The molecule has 0 aliphatic carbocycles. The summed E-state index contributed by atoms with van der Waals surface area (Å²) in [5, 5.41) is 9.55. The smallest absolute Gasteiger partial charge is 0.337 e. The van der Waals surface area contributed by atoms with Gasteiger partial charge < -0.3 is 20.7 Å². The summed E-state index contributed by atoms with van der Waals surface area (Å²) in [7, 11) is 1.27. The Morgan fingerprint density at radius 1 is 1.07 bits per heavy atom. The molecule has 3 aromatic carbocycles. The number of carbonyl (C=O) groups excluding carboxylic acids is 3. The summed E-state index contributed by atoms with van der Waals surface area (Å²) in [5.41, 5.74) is 0.254. The van der Waals surface area contributed by atoms with Gasteiger partial charge in [0.2, 0.25) is 11.8 Å². The van der Waals surface area contributed by atoms with E-state index in [0.29, 0.717) is 28.4 Å². The summed E-state index contributed by atoms with van der Waals surface area (Å²) in [6.07, 6.45) is 0.489. The molecule has 0 radical (unpaired) electrons. The molecule has 4 atom stereocenters. The highest BCUT2D eigenvalue weighted by atomic mass is 35.5. The molecule has 41 heavy (non-hydrogen) atoms. The molecule has 0 saturated carbocycles. The van der Waals surface area contributed by atoms with Crippen LogP contribution in [0.15, 0.2) is 60.7 Å². The van der Waals surface area contributed by atoms with Crippen molar-refractivity contribution >= 4 is 52.4 Å². The molecular formula is C31H30Cl2FN3O4. The van der Waals surface area contributed by atoms with E-state index in [2.05, 4.69) is 16.0 Å². The minimum atomic E-state index is -1.37. The summed E-state index contributed by atoms with van der Waals surface area (Å²) in [6, 6.07) is 14.4. The lowest BCUT2D eigenvalue weighted by Gasteiger charge is -2.37. The van der Waals surface area contributed by atoms with Crippen LogP contribution in [0.1, 0.15) is 54.6 Å². The first-order valence-electron chi connectivity index (χ1n) is 13.2. The molecular weight excluding hydrogens is 568 g/mol. The molecule has 1 saturated heterocycles. The zero-order chi connectivity index (χ0) is 29.7. The van der Waals surface area contributed by atoms with E-state index in [1.807, 2.05) is 20.8 Å². The normalized spacial score (nSPS) is 23.3. The zero-order valence-corrected chi connectivity index (χ0v) is 24.5. The van der Waals surface area contributed by atoms with Crippen LogP contribution < -0.4 is 16.0 Å².